The van der Waals surface area contributed by atoms with E-state index in [4.69, 9.17) is 33.2 Å². The zero-order valence-corrected chi connectivity index (χ0v) is 22.9. The summed E-state index contributed by atoms with van der Waals surface area (Å²) in [6, 6.07) is 7.23. The average Bonchev–Trinajstić information content (AvgIpc) is 3.56. The molecule has 5 heterocycles. The standard InChI is InChI=1S/C26H26Cl2N10O/c1-15(2)38-14-31-22-23(30-13-21-32-19-10-17(27)18(28)11-20(19)33-21)34-26(35-24(22)38)37-8-6-36(7-9-37)25(39)16-4-3-5-29-12-16/h3-5,10-12,14-15H,6-9,13H2,1-2H3,(H,32,33)(H,30,34,35). The Morgan fingerprint density at radius 3 is 2.64 bits per heavy atom. The largest absolute Gasteiger partial charge is 0.361 e. The maximum Gasteiger partial charge on any atom is 0.255 e. The minimum atomic E-state index is -0.0206. The molecule has 5 aromatic rings. The molecule has 0 spiro atoms. The zero-order valence-electron chi connectivity index (χ0n) is 21.4. The van der Waals surface area contributed by atoms with Gasteiger partial charge in [0.2, 0.25) is 5.95 Å². The van der Waals surface area contributed by atoms with E-state index in [0.717, 1.165) is 16.7 Å². The molecule has 1 aromatic carbocycles. The quantitative estimate of drug-likeness (QED) is 0.308. The molecule has 1 aliphatic rings. The van der Waals surface area contributed by atoms with Gasteiger partial charge in [-0.1, -0.05) is 23.2 Å². The molecule has 0 atom stereocenters. The van der Waals surface area contributed by atoms with Crippen molar-refractivity contribution in [2.24, 2.45) is 0 Å². The van der Waals surface area contributed by atoms with Crippen LogP contribution in [0.5, 0.6) is 0 Å². The van der Waals surface area contributed by atoms with Gasteiger partial charge in [-0.15, -0.1) is 0 Å². The first kappa shape index (κ1) is 25.3. The van der Waals surface area contributed by atoms with E-state index in [1.807, 2.05) is 9.47 Å². The predicted octanol–water partition coefficient (Wildman–Crippen LogP) is 4.56. The summed E-state index contributed by atoms with van der Waals surface area (Å²) in [7, 11) is 0. The van der Waals surface area contributed by atoms with Gasteiger partial charge >= 0.3 is 0 Å². The Morgan fingerprint density at radius 1 is 1.10 bits per heavy atom. The molecule has 2 N–H and O–H groups in total. The number of nitrogens with one attached hydrogen (secondary N) is 2. The number of hydrogen-bond donors (Lipinski definition) is 2. The van der Waals surface area contributed by atoms with Crippen molar-refractivity contribution >= 4 is 63.1 Å². The third kappa shape index (κ3) is 4.95. The molecule has 1 amide bonds. The van der Waals surface area contributed by atoms with Crippen molar-refractivity contribution in [3.8, 4) is 0 Å². The summed E-state index contributed by atoms with van der Waals surface area (Å²) in [6.45, 7) is 6.90. The molecule has 0 aliphatic carbocycles. The second-order valence-corrected chi connectivity index (χ2v) is 10.4. The van der Waals surface area contributed by atoms with Crippen LogP contribution in [0.3, 0.4) is 0 Å². The lowest BCUT2D eigenvalue weighted by atomic mass is 10.2. The summed E-state index contributed by atoms with van der Waals surface area (Å²) < 4.78 is 2.03. The Kier molecular flexibility index (Phi) is 6.69. The van der Waals surface area contributed by atoms with Crippen molar-refractivity contribution in [2.45, 2.75) is 26.4 Å². The molecular weight excluding hydrogens is 539 g/mol. The molecule has 0 radical (unpaired) electrons. The van der Waals surface area contributed by atoms with E-state index in [1.54, 1.807) is 43.0 Å². The molecule has 4 aromatic heterocycles. The van der Waals surface area contributed by atoms with Gasteiger partial charge in [0.1, 0.15) is 5.82 Å². The number of fused-ring (bicyclic) bond motifs is 2. The van der Waals surface area contributed by atoms with Crippen molar-refractivity contribution < 1.29 is 4.79 Å². The van der Waals surface area contributed by atoms with E-state index < -0.39 is 0 Å². The molecule has 11 nitrogen and oxygen atoms in total. The number of amides is 1. The van der Waals surface area contributed by atoms with Gasteiger partial charge in [0.25, 0.3) is 5.91 Å². The van der Waals surface area contributed by atoms with E-state index in [2.05, 4.69) is 44.0 Å². The van der Waals surface area contributed by atoms with E-state index in [0.29, 0.717) is 71.4 Å². The number of benzene rings is 1. The Morgan fingerprint density at radius 2 is 1.90 bits per heavy atom. The zero-order chi connectivity index (χ0) is 27.1. The van der Waals surface area contributed by atoms with Gasteiger partial charge in [-0.2, -0.15) is 9.97 Å². The van der Waals surface area contributed by atoms with Crippen LogP contribution >= 0.6 is 23.2 Å². The van der Waals surface area contributed by atoms with Crippen LogP contribution in [0.25, 0.3) is 22.2 Å². The van der Waals surface area contributed by atoms with Crippen LogP contribution in [-0.2, 0) is 6.54 Å². The maximum atomic E-state index is 12.9. The summed E-state index contributed by atoms with van der Waals surface area (Å²) in [5.41, 5.74) is 3.55. The number of piperazine rings is 1. The topological polar surface area (TPSA) is 121 Å². The number of hydrogen-bond acceptors (Lipinski definition) is 8. The van der Waals surface area contributed by atoms with Crippen LogP contribution in [0.15, 0.2) is 43.0 Å². The molecule has 1 saturated heterocycles. The number of nitrogens with zero attached hydrogens (tertiary/aromatic N) is 8. The van der Waals surface area contributed by atoms with Crippen LogP contribution in [-0.4, -0.2) is 71.5 Å². The van der Waals surface area contributed by atoms with E-state index in [9.17, 15) is 4.79 Å². The Labute approximate surface area is 234 Å². The summed E-state index contributed by atoms with van der Waals surface area (Å²) in [5, 5.41) is 4.32. The number of aromatic amines is 1. The van der Waals surface area contributed by atoms with Crippen LogP contribution in [0.4, 0.5) is 11.8 Å². The fraction of sp³-hybridized carbons (Fsp3) is 0.308. The summed E-state index contributed by atoms with van der Waals surface area (Å²) in [4.78, 5) is 43.1. The fourth-order valence-corrected chi connectivity index (χ4v) is 4.96. The van der Waals surface area contributed by atoms with Crippen LogP contribution in [0, 0.1) is 0 Å². The maximum absolute atomic E-state index is 12.9. The molecule has 0 unspecified atom stereocenters. The molecule has 1 fully saturated rings. The second kappa shape index (κ2) is 10.3. The molecule has 1 aliphatic heterocycles. The van der Waals surface area contributed by atoms with Crippen molar-refractivity contribution in [3.63, 3.8) is 0 Å². The second-order valence-electron chi connectivity index (χ2n) is 9.63. The minimum absolute atomic E-state index is 0.0206. The van der Waals surface area contributed by atoms with Gasteiger partial charge < -0.3 is 24.7 Å². The SMILES string of the molecule is CC(C)n1cnc2c(NCc3nc4cc(Cl)c(Cl)cc4[nH]3)nc(N3CCN(C(=O)c4cccnc4)CC3)nc21. The molecule has 6 rings (SSSR count). The summed E-state index contributed by atoms with van der Waals surface area (Å²) in [5.74, 6) is 1.89. The lowest BCUT2D eigenvalue weighted by Gasteiger charge is -2.34. The minimum Gasteiger partial charge on any atom is -0.361 e. The van der Waals surface area contributed by atoms with Gasteiger partial charge in [0.15, 0.2) is 17.0 Å². The molecule has 0 bridgehead atoms. The summed E-state index contributed by atoms with van der Waals surface area (Å²) >= 11 is 12.3. The van der Waals surface area contributed by atoms with Gasteiger partial charge in [0.05, 0.1) is 39.5 Å². The fourth-order valence-electron chi connectivity index (χ4n) is 4.64. The number of rotatable bonds is 6. The molecule has 0 saturated carbocycles. The van der Waals surface area contributed by atoms with E-state index in [-0.39, 0.29) is 11.9 Å². The van der Waals surface area contributed by atoms with Crippen molar-refractivity contribution in [1.29, 1.82) is 0 Å². The predicted molar refractivity (Wildman–Crippen MR) is 152 cm³/mol. The van der Waals surface area contributed by atoms with Crippen LogP contribution in [0.1, 0.15) is 36.1 Å². The highest BCUT2D eigenvalue weighted by molar-refractivity contribution is 6.42. The highest BCUT2D eigenvalue weighted by atomic mass is 35.5. The lowest BCUT2D eigenvalue weighted by Crippen LogP contribution is -2.49. The number of aromatic nitrogens is 7. The van der Waals surface area contributed by atoms with Gasteiger partial charge in [-0.3, -0.25) is 9.78 Å². The van der Waals surface area contributed by atoms with Gasteiger partial charge in [0, 0.05) is 44.6 Å². The molecule has 39 heavy (non-hydrogen) atoms. The van der Waals surface area contributed by atoms with Gasteiger partial charge in [-0.05, 0) is 38.1 Å². The van der Waals surface area contributed by atoms with Crippen molar-refractivity contribution in [1.82, 2.24) is 39.4 Å². The lowest BCUT2D eigenvalue weighted by molar-refractivity contribution is 0.0746. The Bertz CT molecular complexity index is 1620. The van der Waals surface area contributed by atoms with Crippen LogP contribution in [0.2, 0.25) is 10.0 Å². The highest BCUT2D eigenvalue weighted by Crippen LogP contribution is 2.28. The number of H-pyrrole nitrogens is 1. The third-order valence-electron chi connectivity index (χ3n) is 6.72. The number of halogens is 2. The third-order valence-corrected chi connectivity index (χ3v) is 7.44. The number of imidazole rings is 2. The number of anilines is 2. The number of carbonyl (C=O) groups excluding carboxylic acids is 1. The van der Waals surface area contributed by atoms with Gasteiger partial charge in [-0.25, -0.2) is 9.97 Å². The first-order chi connectivity index (χ1) is 18.9. The van der Waals surface area contributed by atoms with Crippen molar-refractivity contribution in [2.75, 3.05) is 36.4 Å². The molecular formula is C26H26Cl2N10O. The Hall–Kier alpha value is -3.96. The number of pyridine rings is 1. The van der Waals surface area contributed by atoms with E-state index >= 15 is 0 Å². The monoisotopic (exact) mass is 564 g/mol. The first-order valence-corrected chi connectivity index (χ1v) is 13.4. The first-order valence-electron chi connectivity index (χ1n) is 12.6. The number of carbonyl (C=O) groups is 1. The van der Waals surface area contributed by atoms with Crippen LogP contribution < -0.4 is 10.2 Å². The normalized spacial score (nSPS) is 14.1. The molecule has 13 heteroatoms. The van der Waals surface area contributed by atoms with E-state index in [1.165, 1.54) is 0 Å². The highest BCUT2D eigenvalue weighted by Gasteiger charge is 2.25. The summed E-state index contributed by atoms with van der Waals surface area (Å²) in [6.07, 6.45) is 5.05. The Balaban J connectivity index is 1.25. The average molecular weight is 565 g/mol. The smallest absolute Gasteiger partial charge is 0.255 e. The molecule has 200 valence electrons. The van der Waals surface area contributed by atoms with Crippen molar-refractivity contribution in [3.05, 3.63) is 64.4 Å².